The first-order valence-corrected chi connectivity index (χ1v) is 6.68. The summed E-state index contributed by atoms with van der Waals surface area (Å²) in [6.07, 6.45) is 1.69. The zero-order valence-corrected chi connectivity index (χ0v) is 12.3. The van der Waals surface area contributed by atoms with Gasteiger partial charge in [0.1, 0.15) is 0 Å². The van der Waals surface area contributed by atoms with Crippen molar-refractivity contribution in [2.24, 2.45) is 0 Å². The van der Waals surface area contributed by atoms with E-state index in [4.69, 9.17) is 4.74 Å². The van der Waals surface area contributed by atoms with E-state index in [1.54, 1.807) is 20.8 Å². The molecule has 0 atom stereocenters. The maximum Gasteiger partial charge on any atom is 0.340 e. The monoisotopic (exact) mass is 291 g/mol. The van der Waals surface area contributed by atoms with Crippen LogP contribution in [0.1, 0.15) is 34.4 Å². The van der Waals surface area contributed by atoms with Gasteiger partial charge in [0.05, 0.1) is 12.2 Å². The summed E-state index contributed by atoms with van der Waals surface area (Å²) < 4.78 is 11.2. The number of carbonyl (C=O) groups excluding carboxylic acids is 1. The topological polar surface area (TPSA) is 87.2 Å². The molecule has 0 fully saturated rings. The van der Waals surface area contributed by atoms with Gasteiger partial charge >= 0.3 is 5.97 Å². The van der Waals surface area contributed by atoms with Crippen molar-refractivity contribution < 1.29 is 14.1 Å². The molecule has 2 aromatic rings. The highest BCUT2D eigenvalue weighted by atomic mass is 16.5. The lowest BCUT2D eigenvalue weighted by molar-refractivity contribution is 0.0523. The minimum Gasteiger partial charge on any atom is -0.462 e. The van der Waals surface area contributed by atoms with Crippen molar-refractivity contribution in [3.8, 4) is 0 Å². The summed E-state index contributed by atoms with van der Waals surface area (Å²) >= 11 is 0. The third-order valence-corrected chi connectivity index (χ3v) is 3.21. The Morgan fingerprint density at radius 3 is 2.81 bits per heavy atom. The Labute approximate surface area is 121 Å². The van der Waals surface area contributed by atoms with Gasteiger partial charge in [-0.05, 0) is 26.3 Å². The zero-order valence-electron chi connectivity index (χ0n) is 12.3. The van der Waals surface area contributed by atoms with E-state index in [2.05, 4.69) is 14.7 Å². The second-order valence-corrected chi connectivity index (χ2v) is 4.60. The van der Waals surface area contributed by atoms with Crippen molar-refractivity contribution >= 4 is 5.97 Å². The smallest absolute Gasteiger partial charge is 0.340 e. The van der Waals surface area contributed by atoms with E-state index >= 15 is 0 Å². The number of ether oxygens (including phenoxy) is 1. The normalized spacial score (nSPS) is 10.6. The Balaban J connectivity index is 2.34. The molecule has 0 unspecified atom stereocenters. The maximum atomic E-state index is 12.1. The van der Waals surface area contributed by atoms with Crippen molar-refractivity contribution in [3.05, 3.63) is 45.5 Å². The maximum absolute atomic E-state index is 12.1. The molecule has 0 N–H and O–H groups in total. The van der Waals surface area contributed by atoms with Gasteiger partial charge in [-0.2, -0.15) is 4.98 Å². The number of esters is 1. The molecule has 0 aliphatic rings. The molecular weight excluding hydrogens is 274 g/mol. The van der Waals surface area contributed by atoms with Crippen molar-refractivity contribution in [1.29, 1.82) is 0 Å². The molecular formula is C14H17N3O4. The van der Waals surface area contributed by atoms with Crippen LogP contribution in [0.15, 0.2) is 21.8 Å². The molecule has 21 heavy (non-hydrogen) atoms. The molecule has 0 aromatic carbocycles. The number of carbonyl (C=O) groups is 1. The summed E-state index contributed by atoms with van der Waals surface area (Å²) in [4.78, 5) is 28.0. The lowest BCUT2D eigenvalue weighted by Gasteiger charge is -2.14. The highest BCUT2D eigenvalue weighted by Gasteiger charge is 2.18. The van der Waals surface area contributed by atoms with Crippen LogP contribution in [0.2, 0.25) is 0 Å². The van der Waals surface area contributed by atoms with Gasteiger partial charge in [0.25, 0.3) is 5.56 Å². The third kappa shape index (κ3) is 3.18. The van der Waals surface area contributed by atoms with Crippen LogP contribution >= 0.6 is 0 Å². The summed E-state index contributed by atoms with van der Waals surface area (Å²) in [5.74, 6) is 0.0976. The van der Waals surface area contributed by atoms with Crippen LogP contribution in [0.25, 0.3) is 0 Å². The fraction of sp³-hybridized carbons (Fsp3) is 0.429. The molecule has 112 valence electrons. The largest absolute Gasteiger partial charge is 0.462 e. The molecule has 0 saturated carbocycles. The summed E-state index contributed by atoms with van der Waals surface area (Å²) in [5.41, 5.74) is 1.47. The van der Waals surface area contributed by atoms with Gasteiger partial charge in [0.2, 0.25) is 6.39 Å². The molecule has 7 nitrogen and oxygen atoms in total. The van der Waals surface area contributed by atoms with Gasteiger partial charge in [0.15, 0.2) is 5.82 Å². The van der Waals surface area contributed by atoms with Crippen molar-refractivity contribution in [1.82, 2.24) is 14.7 Å². The van der Waals surface area contributed by atoms with Gasteiger partial charge < -0.3 is 13.8 Å². The van der Waals surface area contributed by atoms with Crippen LogP contribution in [-0.4, -0.2) is 27.3 Å². The predicted molar refractivity (Wildman–Crippen MR) is 74.1 cm³/mol. The summed E-state index contributed by atoms with van der Waals surface area (Å²) in [6, 6.07) is 1.44. The van der Waals surface area contributed by atoms with E-state index in [0.29, 0.717) is 42.2 Å². The fourth-order valence-corrected chi connectivity index (χ4v) is 2.23. The van der Waals surface area contributed by atoms with Crippen LogP contribution in [0.3, 0.4) is 0 Å². The zero-order chi connectivity index (χ0) is 15.4. The molecule has 0 aliphatic carbocycles. The Morgan fingerprint density at radius 2 is 2.19 bits per heavy atom. The molecule has 2 rings (SSSR count). The second kappa shape index (κ2) is 6.34. The van der Waals surface area contributed by atoms with E-state index < -0.39 is 5.97 Å². The van der Waals surface area contributed by atoms with Crippen molar-refractivity contribution in [3.63, 3.8) is 0 Å². The lowest BCUT2D eigenvalue weighted by Crippen LogP contribution is -2.27. The standard InChI is InChI=1S/C14H17N3O4/c1-4-20-14(19)13-9(2)7-12(18)17(10(13)3)6-5-11-15-8-21-16-11/h7-8H,4-6H2,1-3H3. The summed E-state index contributed by atoms with van der Waals surface area (Å²) in [6.45, 7) is 5.87. The Morgan fingerprint density at radius 1 is 1.43 bits per heavy atom. The number of nitrogens with zero attached hydrogens (tertiary/aromatic N) is 3. The van der Waals surface area contributed by atoms with Crippen LogP contribution in [0.4, 0.5) is 0 Å². The molecule has 0 amide bonds. The van der Waals surface area contributed by atoms with E-state index in [1.165, 1.54) is 17.0 Å². The molecule has 0 aliphatic heterocycles. The van der Waals surface area contributed by atoms with Gasteiger partial charge in [-0.15, -0.1) is 0 Å². The molecule has 2 heterocycles. The molecule has 0 bridgehead atoms. The Hall–Kier alpha value is -2.44. The van der Waals surface area contributed by atoms with E-state index in [-0.39, 0.29) is 5.56 Å². The number of rotatable bonds is 5. The van der Waals surface area contributed by atoms with E-state index in [1.807, 2.05) is 0 Å². The van der Waals surface area contributed by atoms with Gasteiger partial charge in [0, 0.05) is 24.7 Å². The van der Waals surface area contributed by atoms with E-state index in [9.17, 15) is 9.59 Å². The lowest BCUT2D eigenvalue weighted by atomic mass is 10.1. The number of aryl methyl sites for hydroxylation is 2. The predicted octanol–water partition coefficient (Wildman–Crippen LogP) is 1.27. The Bertz CT molecular complexity index is 689. The van der Waals surface area contributed by atoms with Crippen LogP contribution < -0.4 is 5.56 Å². The van der Waals surface area contributed by atoms with Crippen molar-refractivity contribution in [2.75, 3.05) is 6.61 Å². The SMILES string of the molecule is CCOC(=O)c1c(C)cc(=O)n(CCc2ncon2)c1C. The first-order chi connectivity index (χ1) is 10.0. The first-order valence-electron chi connectivity index (χ1n) is 6.68. The molecule has 2 aromatic heterocycles. The average molecular weight is 291 g/mol. The van der Waals surface area contributed by atoms with Crippen LogP contribution in [-0.2, 0) is 17.7 Å². The number of pyridine rings is 1. The van der Waals surface area contributed by atoms with E-state index in [0.717, 1.165) is 0 Å². The summed E-state index contributed by atoms with van der Waals surface area (Å²) in [5, 5.41) is 3.70. The fourth-order valence-electron chi connectivity index (χ4n) is 2.23. The highest BCUT2D eigenvalue weighted by molar-refractivity contribution is 5.92. The van der Waals surface area contributed by atoms with Gasteiger partial charge in [-0.3, -0.25) is 4.79 Å². The number of aromatic nitrogens is 3. The average Bonchev–Trinajstić information content (AvgIpc) is 2.91. The van der Waals surface area contributed by atoms with Gasteiger partial charge in [-0.1, -0.05) is 5.16 Å². The minimum atomic E-state index is -0.416. The minimum absolute atomic E-state index is 0.165. The first kappa shape index (κ1) is 15.0. The van der Waals surface area contributed by atoms with Crippen molar-refractivity contribution in [2.45, 2.75) is 33.7 Å². The van der Waals surface area contributed by atoms with Crippen LogP contribution in [0.5, 0.6) is 0 Å². The molecule has 0 saturated heterocycles. The quantitative estimate of drug-likeness (QED) is 0.771. The molecule has 0 spiro atoms. The number of hydrogen-bond acceptors (Lipinski definition) is 6. The number of hydrogen-bond donors (Lipinski definition) is 0. The molecule has 7 heteroatoms. The highest BCUT2D eigenvalue weighted by Crippen LogP contribution is 2.13. The van der Waals surface area contributed by atoms with Crippen LogP contribution in [0, 0.1) is 13.8 Å². The Kier molecular flexibility index (Phi) is 4.52. The second-order valence-electron chi connectivity index (χ2n) is 4.60. The summed E-state index contributed by atoms with van der Waals surface area (Å²) in [7, 11) is 0. The van der Waals surface area contributed by atoms with Gasteiger partial charge in [-0.25, -0.2) is 4.79 Å². The third-order valence-electron chi connectivity index (χ3n) is 3.21. The molecule has 0 radical (unpaired) electrons.